The van der Waals surface area contributed by atoms with Gasteiger partial charge in [-0.3, -0.25) is 19.3 Å². The van der Waals surface area contributed by atoms with Crippen LogP contribution < -0.4 is 0 Å². The summed E-state index contributed by atoms with van der Waals surface area (Å²) in [5, 5.41) is 6.78. The van der Waals surface area contributed by atoms with Crippen molar-refractivity contribution in [2.45, 2.75) is 6.54 Å². The fraction of sp³-hybridized carbons (Fsp3) is 0.120. The second-order valence-corrected chi connectivity index (χ2v) is 8.80. The fourth-order valence-corrected chi connectivity index (χ4v) is 4.65. The Hall–Kier alpha value is -4.04. The highest BCUT2D eigenvalue weighted by molar-refractivity contribution is 7.13. The Labute approximate surface area is 194 Å². The van der Waals surface area contributed by atoms with Crippen molar-refractivity contribution < 1.29 is 14.4 Å². The van der Waals surface area contributed by atoms with Crippen LogP contribution in [0.4, 0.5) is 0 Å². The molecular weight excluding hydrogens is 436 g/mol. The first-order valence-electron chi connectivity index (χ1n) is 10.3. The molecule has 1 aliphatic rings. The monoisotopic (exact) mass is 456 g/mol. The molecule has 0 bridgehead atoms. The zero-order chi connectivity index (χ0) is 23.1. The molecular formula is C25H20N4O3S. The molecule has 2 aromatic carbocycles. The normalized spacial score (nSPS) is 12.8. The minimum absolute atomic E-state index is 0.239. The van der Waals surface area contributed by atoms with E-state index >= 15 is 0 Å². The van der Waals surface area contributed by atoms with Crippen LogP contribution >= 0.6 is 11.3 Å². The SMILES string of the molecule is CN(Cc1cn(-c2ccccc2)nc1-c1cccs1)C(=O)c1ccc2c(c1)C(=O)N(C)C2=O. The summed E-state index contributed by atoms with van der Waals surface area (Å²) in [6.07, 6.45) is 1.94. The highest BCUT2D eigenvalue weighted by Gasteiger charge is 2.33. The molecule has 164 valence electrons. The third-order valence-electron chi connectivity index (χ3n) is 5.66. The van der Waals surface area contributed by atoms with Crippen molar-refractivity contribution in [3.05, 3.63) is 94.5 Å². The number of imide groups is 1. The summed E-state index contributed by atoms with van der Waals surface area (Å²) in [4.78, 5) is 41.3. The third kappa shape index (κ3) is 3.64. The van der Waals surface area contributed by atoms with E-state index in [1.807, 2.05) is 58.7 Å². The second-order valence-electron chi connectivity index (χ2n) is 7.85. The summed E-state index contributed by atoms with van der Waals surface area (Å²) < 4.78 is 1.82. The number of rotatable bonds is 5. The summed E-state index contributed by atoms with van der Waals surface area (Å²) in [7, 11) is 3.15. The van der Waals surface area contributed by atoms with Gasteiger partial charge < -0.3 is 4.90 Å². The van der Waals surface area contributed by atoms with E-state index < -0.39 is 5.91 Å². The minimum Gasteiger partial charge on any atom is -0.337 e. The first-order chi connectivity index (χ1) is 15.9. The van der Waals surface area contributed by atoms with Crippen LogP contribution in [0.2, 0.25) is 0 Å². The molecule has 3 amide bonds. The van der Waals surface area contributed by atoms with Crippen LogP contribution in [0, 0.1) is 0 Å². The van der Waals surface area contributed by atoms with Gasteiger partial charge in [-0.25, -0.2) is 4.68 Å². The second kappa shape index (κ2) is 8.14. The number of nitrogens with zero attached hydrogens (tertiary/aromatic N) is 4. The van der Waals surface area contributed by atoms with Gasteiger partial charge in [0.2, 0.25) is 0 Å². The van der Waals surface area contributed by atoms with Crippen LogP contribution in [-0.4, -0.2) is 51.4 Å². The number of aromatic nitrogens is 2. The number of benzene rings is 2. The Kier molecular flexibility index (Phi) is 5.14. The minimum atomic E-state index is -0.392. The Morgan fingerprint density at radius 1 is 1.00 bits per heavy atom. The lowest BCUT2D eigenvalue weighted by Crippen LogP contribution is -2.26. The number of thiophene rings is 1. The van der Waals surface area contributed by atoms with E-state index in [4.69, 9.17) is 5.10 Å². The molecule has 0 fully saturated rings. The predicted molar refractivity (Wildman–Crippen MR) is 126 cm³/mol. The number of carbonyl (C=O) groups is 3. The highest BCUT2D eigenvalue weighted by Crippen LogP contribution is 2.29. The topological polar surface area (TPSA) is 75.5 Å². The quantitative estimate of drug-likeness (QED) is 0.424. The molecule has 1 aliphatic heterocycles. The van der Waals surface area contributed by atoms with Gasteiger partial charge >= 0.3 is 0 Å². The van der Waals surface area contributed by atoms with Crippen molar-refractivity contribution >= 4 is 29.1 Å². The lowest BCUT2D eigenvalue weighted by Gasteiger charge is -2.17. The number of hydrogen-bond acceptors (Lipinski definition) is 5. The lowest BCUT2D eigenvalue weighted by molar-refractivity contribution is 0.0692. The van der Waals surface area contributed by atoms with Gasteiger partial charge in [-0.2, -0.15) is 5.10 Å². The average Bonchev–Trinajstić information content (AvgIpc) is 3.56. The van der Waals surface area contributed by atoms with Crippen molar-refractivity contribution in [3.8, 4) is 16.3 Å². The maximum atomic E-state index is 13.2. The van der Waals surface area contributed by atoms with Crippen LogP contribution in [0.1, 0.15) is 36.6 Å². The molecule has 33 heavy (non-hydrogen) atoms. The molecule has 8 heteroatoms. The summed E-state index contributed by atoms with van der Waals surface area (Å²) in [6, 6.07) is 18.4. The number of para-hydroxylation sites is 1. The number of amides is 3. The third-order valence-corrected chi connectivity index (χ3v) is 6.53. The molecule has 0 N–H and O–H groups in total. The molecule has 0 unspecified atom stereocenters. The maximum Gasteiger partial charge on any atom is 0.261 e. The molecule has 0 aliphatic carbocycles. The first kappa shape index (κ1) is 20.8. The molecule has 0 spiro atoms. The van der Waals surface area contributed by atoms with Gasteiger partial charge in [-0.05, 0) is 41.8 Å². The van der Waals surface area contributed by atoms with Gasteiger partial charge in [0.1, 0.15) is 5.69 Å². The zero-order valence-electron chi connectivity index (χ0n) is 18.1. The molecule has 0 radical (unpaired) electrons. The Morgan fingerprint density at radius 3 is 2.48 bits per heavy atom. The van der Waals surface area contributed by atoms with Gasteiger partial charge in [0, 0.05) is 38.0 Å². The van der Waals surface area contributed by atoms with E-state index in [1.54, 1.807) is 35.4 Å². The Morgan fingerprint density at radius 2 is 1.76 bits per heavy atom. The van der Waals surface area contributed by atoms with Crippen LogP contribution in [0.25, 0.3) is 16.3 Å². The molecule has 7 nitrogen and oxygen atoms in total. The fourth-order valence-electron chi connectivity index (χ4n) is 3.90. The lowest BCUT2D eigenvalue weighted by atomic mass is 10.0. The van der Waals surface area contributed by atoms with Gasteiger partial charge in [0.25, 0.3) is 17.7 Å². The summed E-state index contributed by atoms with van der Waals surface area (Å²) >= 11 is 1.59. The smallest absolute Gasteiger partial charge is 0.261 e. The molecule has 0 saturated carbocycles. The summed E-state index contributed by atoms with van der Waals surface area (Å²) in [5.74, 6) is -0.982. The van der Waals surface area contributed by atoms with Crippen molar-refractivity contribution in [2.24, 2.45) is 0 Å². The first-order valence-corrected chi connectivity index (χ1v) is 11.2. The Balaban J connectivity index is 1.45. The largest absolute Gasteiger partial charge is 0.337 e. The Bertz CT molecular complexity index is 1380. The predicted octanol–water partition coefficient (Wildman–Crippen LogP) is 4.10. The van der Waals surface area contributed by atoms with Crippen molar-refractivity contribution in [1.82, 2.24) is 19.6 Å². The van der Waals surface area contributed by atoms with Crippen molar-refractivity contribution in [1.29, 1.82) is 0 Å². The van der Waals surface area contributed by atoms with E-state index in [-0.39, 0.29) is 17.4 Å². The van der Waals surface area contributed by atoms with E-state index in [1.165, 1.54) is 13.1 Å². The highest BCUT2D eigenvalue weighted by atomic mass is 32.1. The molecule has 5 rings (SSSR count). The van der Waals surface area contributed by atoms with Gasteiger partial charge in [0.05, 0.1) is 21.7 Å². The molecule has 2 aromatic heterocycles. The van der Waals surface area contributed by atoms with Gasteiger partial charge in [-0.1, -0.05) is 24.3 Å². The molecule has 0 atom stereocenters. The molecule has 3 heterocycles. The van der Waals surface area contributed by atoms with Crippen molar-refractivity contribution in [3.63, 3.8) is 0 Å². The maximum absolute atomic E-state index is 13.2. The number of hydrogen-bond donors (Lipinski definition) is 0. The molecule has 0 saturated heterocycles. The standard InChI is InChI=1S/C25H20N4O3S/c1-27(23(30)16-10-11-19-20(13-16)25(32)28(2)24(19)31)14-17-15-29(18-7-4-3-5-8-18)26-22(17)21-9-6-12-33-21/h3-13,15H,14H2,1-2H3. The van der Waals surface area contributed by atoms with Crippen molar-refractivity contribution in [2.75, 3.05) is 14.1 Å². The van der Waals surface area contributed by atoms with E-state index in [0.29, 0.717) is 17.7 Å². The average molecular weight is 457 g/mol. The van der Waals surface area contributed by atoms with E-state index in [2.05, 4.69) is 0 Å². The van der Waals surface area contributed by atoms with E-state index in [9.17, 15) is 14.4 Å². The van der Waals surface area contributed by atoms with Crippen LogP contribution in [-0.2, 0) is 6.54 Å². The van der Waals surface area contributed by atoms with Crippen LogP contribution in [0.5, 0.6) is 0 Å². The summed E-state index contributed by atoms with van der Waals surface area (Å²) in [6.45, 7) is 0.336. The summed E-state index contributed by atoms with van der Waals surface area (Å²) in [5.41, 5.74) is 3.61. The van der Waals surface area contributed by atoms with Crippen LogP contribution in [0.3, 0.4) is 0 Å². The number of carbonyl (C=O) groups excluding carboxylic acids is 3. The van der Waals surface area contributed by atoms with E-state index in [0.717, 1.165) is 26.7 Å². The zero-order valence-corrected chi connectivity index (χ0v) is 18.9. The van der Waals surface area contributed by atoms with Crippen LogP contribution in [0.15, 0.2) is 72.2 Å². The van der Waals surface area contributed by atoms with Gasteiger partial charge in [0.15, 0.2) is 0 Å². The number of fused-ring (bicyclic) bond motifs is 1. The van der Waals surface area contributed by atoms with Gasteiger partial charge in [-0.15, -0.1) is 11.3 Å². The molecule has 4 aromatic rings.